The molecule has 0 spiro atoms. The van der Waals surface area contributed by atoms with Crippen LogP contribution in [0.15, 0.2) is 78.4 Å². The molecule has 168 valence electrons. The Labute approximate surface area is 195 Å². The highest BCUT2D eigenvalue weighted by Gasteiger charge is 2.48. The number of para-hydroxylation sites is 2. The van der Waals surface area contributed by atoms with Crippen molar-refractivity contribution in [2.45, 2.75) is 25.5 Å². The summed E-state index contributed by atoms with van der Waals surface area (Å²) in [7, 11) is 0. The van der Waals surface area contributed by atoms with E-state index in [1.54, 1.807) is 12.1 Å². The van der Waals surface area contributed by atoms with Crippen LogP contribution in [0.3, 0.4) is 0 Å². The molecule has 7 heteroatoms. The van der Waals surface area contributed by atoms with Crippen molar-refractivity contribution in [3.8, 4) is 5.75 Å². The van der Waals surface area contributed by atoms with Crippen LogP contribution in [-0.2, 0) is 16.0 Å². The number of nitrogens with zero attached hydrogens (tertiary/aromatic N) is 2. The molecule has 1 amide bonds. The van der Waals surface area contributed by atoms with Crippen molar-refractivity contribution in [3.05, 3.63) is 95.1 Å². The first-order chi connectivity index (χ1) is 16.5. The Morgan fingerprint density at radius 2 is 1.82 bits per heavy atom. The molecule has 1 aromatic heterocycles. The lowest BCUT2D eigenvalue weighted by Crippen LogP contribution is -2.30. The molecular formula is C27H21N3O4. The van der Waals surface area contributed by atoms with E-state index < -0.39 is 17.7 Å². The van der Waals surface area contributed by atoms with E-state index in [4.69, 9.17) is 4.74 Å². The van der Waals surface area contributed by atoms with E-state index >= 15 is 0 Å². The van der Waals surface area contributed by atoms with Gasteiger partial charge in [0.1, 0.15) is 17.6 Å². The smallest absolute Gasteiger partial charge is 0.302 e. The Hall–Kier alpha value is -4.39. The number of hydrogen-bond donors (Lipinski definition) is 2. The van der Waals surface area contributed by atoms with Crippen LogP contribution in [-0.4, -0.2) is 32.9 Å². The van der Waals surface area contributed by atoms with Crippen LogP contribution in [0.1, 0.15) is 29.7 Å². The fourth-order valence-corrected chi connectivity index (χ4v) is 4.78. The molecule has 2 aliphatic rings. The molecule has 1 saturated heterocycles. The number of ether oxygens (including phenoxy) is 1. The number of Topliss-reactive ketones (excluding diaryl/α,β-unsaturated/α-hetero) is 1. The molecule has 2 atom stereocenters. The molecular weight excluding hydrogens is 430 g/mol. The lowest BCUT2D eigenvalue weighted by atomic mass is 9.94. The third-order valence-corrected chi connectivity index (χ3v) is 6.33. The van der Waals surface area contributed by atoms with E-state index in [1.165, 1.54) is 4.90 Å². The fourth-order valence-electron chi connectivity index (χ4n) is 4.78. The van der Waals surface area contributed by atoms with Crippen LogP contribution >= 0.6 is 0 Å². The Bertz CT molecular complexity index is 1460. The lowest BCUT2D eigenvalue weighted by molar-refractivity contribution is -0.132. The van der Waals surface area contributed by atoms with Gasteiger partial charge in [0.2, 0.25) is 5.95 Å². The number of aliphatic hydroxyl groups excluding tert-OH is 1. The van der Waals surface area contributed by atoms with E-state index in [9.17, 15) is 14.7 Å². The molecule has 1 fully saturated rings. The maximum Gasteiger partial charge on any atom is 0.302 e. The van der Waals surface area contributed by atoms with Crippen LogP contribution < -0.4 is 9.64 Å². The largest absolute Gasteiger partial charge is 0.507 e. The van der Waals surface area contributed by atoms with Crippen molar-refractivity contribution < 1.29 is 19.4 Å². The van der Waals surface area contributed by atoms with E-state index in [1.807, 2.05) is 67.6 Å². The van der Waals surface area contributed by atoms with Crippen molar-refractivity contribution in [3.63, 3.8) is 0 Å². The van der Waals surface area contributed by atoms with Gasteiger partial charge in [0.05, 0.1) is 22.6 Å². The molecule has 7 nitrogen and oxygen atoms in total. The highest BCUT2D eigenvalue weighted by molar-refractivity contribution is 6.51. The van der Waals surface area contributed by atoms with Gasteiger partial charge in [-0.1, -0.05) is 42.5 Å². The minimum absolute atomic E-state index is 0.0311. The van der Waals surface area contributed by atoms with Crippen molar-refractivity contribution in [2.24, 2.45) is 0 Å². The molecule has 3 aromatic carbocycles. The quantitative estimate of drug-likeness (QED) is 0.271. The number of imidazole rings is 1. The Kier molecular flexibility index (Phi) is 4.52. The number of carbonyl (C=O) groups is 2. The summed E-state index contributed by atoms with van der Waals surface area (Å²) in [5, 5.41) is 11.4. The number of carbonyl (C=O) groups excluding carboxylic acids is 2. The van der Waals surface area contributed by atoms with E-state index in [2.05, 4.69) is 9.97 Å². The molecule has 2 unspecified atom stereocenters. The number of nitrogens with one attached hydrogen (secondary N) is 1. The average molecular weight is 451 g/mol. The topological polar surface area (TPSA) is 95.5 Å². The zero-order chi connectivity index (χ0) is 23.4. The summed E-state index contributed by atoms with van der Waals surface area (Å²) in [6.07, 6.45) is 0.765. The number of aromatic amines is 1. The first kappa shape index (κ1) is 20.2. The van der Waals surface area contributed by atoms with Gasteiger partial charge in [0.25, 0.3) is 5.78 Å². The van der Waals surface area contributed by atoms with Crippen LogP contribution in [0, 0.1) is 0 Å². The highest BCUT2D eigenvalue weighted by Crippen LogP contribution is 2.42. The minimum atomic E-state index is -0.829. The van der Waals surface area contributed by atoms with Gasteiger partial charge >= 0.3 is 5.91 Å². The van der Waals surface area contributed by atoms with Crippen LogP contribution in [0.2, 0.25) is 0 Å². The maximum atomic E-state index is 13.3. The summed E-state index contributed by atoms with van der Waals surface area (Å²) in [5.74, 6) is -0.684. The molecule has 6 rings (SSSR count). The van der Waals surface area contributed by atoms with E-state index in [0.29, 0.717) is 23.1 Å². The Balaban J connectivity index is 1.53. The zero-order valence-corrected chi connectivity index (χ0v) is 18.4. The number of aromatic nitrogens is 2. The van der Waals surface area contributed by atoms with Crippen molar-refractivity contribution in [1.82, 2.24) is 9.97 Å². The van der Waals surface area contributed by atoms with Gasteiger partial charge in [-0.2, -0.15) is 0 Å². The molecule has 4 aromatic rings. The van der Waals surface area contributed by atoms with Gasteiger partial charge < -0.3 is 14.8 Å². The van der Waals surface area contributed by atoms with E-state index in [-0.39, 0.29) is 23.4 Å². The summed E-state index contributed by atoms with van der Waals surface area (Å²) in [6.45, 7) is 1.98. The number of hydrogen-bond acceptors (Lipinski definition) is 5. The fraction of sp³-hybridized carbons (Fsp3) is 0.148. The number of ketones is 1. The number of anilines is 1. The third kappa shape index (κ3) is 3.08. The second-order valence-corrected chi connectivity index (χ2v) is 8.61. The Morgan fingerprint density at radius 3 is 2.62 bits per heavy atom. The van der Waals surface area contributed by atoms with Gasteiger partial charge in [-0.3, -0.25) is 14.5 Å². The molecule has 2 aliphatic heterocycles. The predicted octanol–water partition coefficient (Wildman–Crippen LogP) is 4.51. The van der Waals surface area contributed by atoms with Gasteiger partial charge in [0.15, 0.2) is 0 Å². The SMILES string of the molecule is CC1Cc2cc(/C(O)=C3\C(=O)C(=O)N(c4nc5ccccc5[nH]4)C3c3ccccc3)ccc2O1. The van der Waals surface area contributed by atoms with Crippen molar-refractivity contribution >= 4 is 34.4 Å². The number of rotatable bonds is 3. The van der Waals surface area contributed by atoms with Gasteiger partial charge in [-0.25, -0.2) is 4.98 Å². The van der Waals surface area contributed by atoms with Crippen molar-refractivity contribution in [1.29, 1.82) is 0 Å². The molecule has 0 saturated carbocycles. The van der Waals surface area contributed by atoms with Crippen LogP contribution in [0.5, 0.6) is 5.75 Å². The number of fused-ring (bicyclic) bond motifs is 2. The zero-order valence-electron chi connectivity index (χ0n) is 18.4. The second kappa shape index (κ2) is 7.59. The first-order valence-corrected chi connectivity index (χ1v) is 11.1. The van der Waals surface area contributed by atoms with Crippen molar-refractivity contribution in [2.75, 3.05) is 4.90 Å². The second-order valence-electron chi connectivity index (χ2n) is 8.61. The molecule has 0 aliphatic carbocycles. The molecule has 34 heavy (non-hydrogen) atoms. The monoisotopic (exact) mass is 451 g/mol. The molecule has 0 radical (unpaired) electrons. The summed E-state index contributed by atoms with van der Waals surface area (Å²) in [4.78, 5) is 35.6. The number of amides is 1. The number of aliphatic hydroxyl groups is 1. The molecule has 0 bridgehead atoms. The summed E-state index contributed by atoms with van der Waals surface area (Å²) in [6, 6.07) is 21.1. The number of benzene rings is 3. The standard InChI is InChI=1S/C27H21N3O4/c1-15-13-18-14-17(11-12-21(18)34-15)24(31)22-23(16-7-3-2-4-8-16)30(26(33)25(22)32)27-28-19-9-5-6-10-20(19)29-27/h2-12,14-15,23,31H,13H2,1H3,(H,28,29)/b24-22+. The summed E-state index contributed by atoms with van der Waals surface area (Å²) in [5.41, 5.74) is 3.59. The highest BCUT2D eigenvalue weighted by atomic mass is 16.5. The van der Waals surface area contributed by atoms with Crippen LogP contribution in [0.4, 0.5) is 5.95 Å². The average Bonchev–Trinajstić information content (AvgIpc) is 3.51. The van der Waals surface area contributed by atoms with E-state index in [0.717, 1.165) is 16.8 Å². The molecule has 3 heterocycles. The maximum absolute atomic E-state index is 13.3. The summed E-state index contributed by atoms with van der Waals surface area (Å²) < 4.78 is 5.76. The third-order valence-electron chi connectivity index (χ3n) is 6.33. The first-order valence-electron chi connectivity index (χ1n) is 11.1. The summed E-state index contributed by atoms with van der Waals surface area (Å²) >= 11 is 0. The predicted molar refractivity (Wildman–Crippen MR) is 128 cm³/mol. The molecule has 2 N–H and O–H groups in total. The lowest BCUT2D eigenvalue weighted by Gasteiger charge is -2.23. The van der Waals surface area contributed by atoms with Gasteiger partial charge in [-0.15, -0.1) is 0 Å². The number of H-pyrrole nitrogens is 1. The van der Waals surface area contributed by atoms with Gasteiger partial charge in [0, 0.05) is 12.0 Å². The minimum Gasteiger partial charge on any atom is -0.507 e. The Morgan fingerprint density at radius 1 is 1.06 bits per heavy atom. The van der Waals surface area contributed by atoms with Gasteiger partial charge in [-0.05, 0) is 48.4 Å². The normalized spacial score (nSPS) is 21.1. The van der Waals surface area contributed by atoms with Crippen LogP contribution in [0.25, 0.3) is 16.8 Å².